The number of halogens is 1. The Balaban J connectivity index is 1.39. The van der Waals surface area contributed by atoms with E-state index in [1.54, 1.807) is 0 Å². The average Bonchev–Trinajstić information content (AvgIpc) is 3.54. The molecule has 5 rings (SSSR count). The summed E-state index contributed by atoms with van der Waals surface area (Å²) in [5, 5.41) is 4.36. The van der Waals surface area contributed by atoms with E-state index < -0.39 is 0 Å². The molecule has 3 fully saturated rings. The van der Waals surface area contributed by atoms with E-state index in [0.29, 0.717) is 16.6 Å². The van der Waals surface area contributed by atoms with Crippen LogP contribution in [0.1, 0.15) is 37.9 Å². The summed E-state index contributed by atoms with van der Waals surface area (Å²) >= 11 is 7.52. The van der Waals surface area contributed by atoms with Crippen molar-refractivity contribution in [2.24, 2.45) is 11.8 Å². The van der Waals surface area contributed by atoms with Crippen LogP contribution in [0.2, 0.25) is 4.34 Å². The largest absolute Gasteiger partial charge is 0.355 e. The zero-order chi connectivity index (χ0) is 22.6. The number of carbonyl (C=O) groups excluding carboxylic acids is 2. The van der Waals surface area contributed by atoms with Gasteiger partial charge >= 0.3 is 0 Å². The normalized spacial score (nSPS) is 28.1. The number of carbonyl (C=O) groups is 2. The number of thiophene rings is 1. The van der Waals surface area contributed by atoms with Gasteiger partial charge in [0.05, 0.1) is 54.3 Å². The number of hydrogen-bond donors (Lipinski definition) is 0. The summed E-state index contributed by atoms with van der Waals surface area (Å²) in [6.45, 7) is 5.52. The van der Waals surface area contributed by atoms with Gasteiger partial charge in [0.1, 0.15) is 5.69 Å². The van der Waals surface area contributed by atoms with Crippen LogP contribution in [-0.4, -0.2) is 77.6 Å². The highest BCUT2D eigenvalue weighted by atomic mass is 35.5. The van der Waals surface area contributed by atoms with Gasteiger partial charge in [0.25, 0.3) is 0 Å². The van der Waals surface area contributed by atoms with E-state index in [2.05, 4.69) is 31.1 Å². The summed E-state index contributed by atoms with van der Waals surface area (Å²) in [7, 11) is 4.36. The molecule has 0 bridgehead atoms. The fourth-order valence-corrected chi connectivity index (χ4v) is 6.63. The first-order valence-corrected chi connectivity index (χ1v) is 12.7. The number of hydrogen-bond acceptors (Lipinski definition) is 6. The van der Waals surface area contributed by atoms with Crippen LogP contribution < -0.4 is 0 Å². The van der Waals surface area contributed by atoms with Crippen molar-refractivity contribution in [1.29, 1.82) is 0 Å². The van der Waals surface area contributed by atoms with Crippen LogP contribution in [-0.2, 0) is 9.59 Å². The van der Waals surface area contributed by atoms with Crippen molar-refractivity contribution in [3.8, 4) is 10.6 Å². The van der Waals surface area contributed by atoms with Gasteiger partial charge < -0.3 is 9.01 Å². The number of rotatable bonds is 7. The molecule has 2 amide bonds. The van der Waals surface area contributed by atoms with Gasteiger partial charge in [-0.15, -0.1) is 11.3 Å². The Kier molecular flexibility index (Phi) is 5.68. The molecule has 0 radical (unpaired) electrons. The summed E-state index contributed by atoms with van der Waals surface area (Å²) < 4.78 is 7.22. The predicted octanol–water partition coefficient (Wildman–Crippen LogP) is 3.66. The molecule has 3 aliphatic heterocycles. The summed E-state index contributed by atoms with van der Waals surface area (Å²) in [5.41, 5.74) is 0.746. The molecule has 0 aromatic carbocycles. The lowest BCUT2D eigenvalue weighted by atomic mass is 9.86. The second-order valence-corrected chi connectivity index (χ2v) is 11.5. The highest BCUT2D eigenvalue weighted by Gasteiger charge is 2.63. The van der Waals surface area contributed by atoms with E-state index in [4.69, 9.17) is 16.1 Å². The number of fused-ring (bicyclic) bond motifs is 3. The fourth-order valence-electron chi connectivity index (χ4n) is 5.64. The van der Waals surface area contributed by atoms with Gasteiger partial charge in [0.15, 0.2) is 5.76 Å². The summed E-state index contributed by atoms with van der Waals surface area (Å²) in [5.74, 6) is -0.00414. The van der Waals surface area contributed by atoms with Gasteiger partial charge in [-0.05, 0) is 38.4 Å². The number of amides is 2. The Hall–Kier alpha value is -1.74. The second kappa shape index (κ2) is 8.24. The molecule has 2 aromatic heterocycles. The maximum atomic E-state index is 13.5. The van der Waals surface area contributed by atoms with Crippen LogP contribution in [0.25, 0.3) is 10.6 Å². The van der Waals surface area contributed by atoms with Crippen molar-refractivity contribution in [3.05, 3.63) is 28.2 Å². The molecule has 7 nitrogen and oxygen atoms in total. The molecule has 5 heterocycles. The van der Waals surface area contributed by atoms with Crippen LogP contribution >= 0.6 is 22.9 Å². The van der Waals surface area contributed by atoms with E-state index in [1.165, 1.54) is 16.2 Å². The molecule has 3 aliphatic rings. The van der Waals surface area contributed by atoms with Crippen molar-refractivity contribution in [2.45, 2.75) is 38.3 Å². The molecule has 3 saturated heterocycles. The Labute approximate surface area is 197 Å². The average molecular weight is 478 g/mol. The highest BCUT2D eigenvalue weighted by Crippen LogP contribution is 2.53. The van der Waals surface area contributed by atoms with Crippen molar-refractivity contribution >= 4 is 34.8 Å². The maximum Gasteiger partial charge on any atom is 0.235 e. The van der Waals surface area contributed by atoms with Gasteiger partial charge in [-0.2, -0.15) is 0 Å². The minimum Gasteiger partial charge on any atom is -0.355 e. The molecule has 4 atom stereocenters. The van der Waals surface area contributed by atoms with Gasteiger partial charge in [-0.1, -0.05) is 16.8 Å². The summed E-state index contributed by atoms with van der Waals surface area (Å²) in [6.07, 6.45) is 2.82. The molecule has 0 saturated carbocycles. The SMILES string of the molecule is CC[N+](C)(C)CCCN1C(=O)[C@@H]2[C@H](C1=O)[C@H](c1cc(-c3ccc(Cl)s3)on1)N1CCC[C@@H]21. The van der Waals surface area contributed by atoms with E-state index in [-0.39, 0.29) is 35.7 Å². The monoisotopic (exact) mass is 477 g/mol. The van der Waals surface area contributed by atoms with E-state index >= 15 is 0 Å². The molecule has 172 valence electrons. The Morgan fingerprint density at radius 1 is 1.25 bits per heavy atom. The van der Waals surface area contributed by atoms with Gasteiger partial charge in [0, 0.05) is 25.1 Å². The molecule has 9 heteroatoms. The van der Waals surface area contributed by atoms with E-state index in [9.17, 15) is 9.59 Å². The molecule has 0 aliphatic carbocycles. The maximum absolute atomic E-state index is 13.5. The van der Waals surface area contributed by atoms with Crippen LogP contribution in [0.5, 0.6) is 0 Å². The third kappa shape index (κ3) is 3.61. The van der Waals surface area contributed by atoms with Crippen molar-refractivity contribution in [3.63, 3.8) is 0 Å². The Morgan fingerprint density at radius 2 is 2.03 bits per heavy atom. The fraction of sp³-hybridized carbons (Fsp3) is 0.609. The van der Waals surface area contributed by atoms with Crippen molar-refractivity contribution in [2.75, 3.05) is 40.3 Å². The standard InChI is InChI=1S/C23H30ClN4O3S/c1-4-28(2,3)12-6-11-27-22(29)19-15-7-5-10-26(15)21(20(19)23(27)30)14-13-16(31-25-14)17-8-9-18(24)32-17/h8-9,13,15,19-21H,4-7,10-12H2,1-3H3/q+1/t15-,19-,20-,21-/m0/s1. The summed E-state index contributed by atoms with van der Waals surface area (Å²) in [6, 6.07) is 5.58. The van der Waals surface area contributed by atoms with Crippen molar-refractivity contribution in [1.82, 2.24) is 15.0 Å². The number of likely N-dealkylation sites (tertiary alicyclic amines) is 1. The smallest absolute Gasteiger partial charge is 0.235 e. The van der Waals surface area contributed by atoms with E-state index in [0.717, 1.165) is 54.0 Å². The molecule has 0 N–H and O–H groups in total. The van der Waals surface area contributed by atoms with Gasteiger partial charge in [-0.3, -0.25) is 19.4 Å². The van der Waals surface area contributed by atoms with Crippen LogP contribution in [0.3, 0.4) is 0 Å². The van der Waals surface area contributed by atoms with Crippen LogP contribution in [0, 0.1) is 11.8 Å². The molecule has 32 heavy (non-hydrogen) atoms. The first kappa shape index (κ1) is 22.1. The van der Waals surface area contributed by atoms with Gasteiger partial charge in [-0.25, -0.2) is 0 Å². The minimum absolute atomic E-state index is 0.00922. The third-order valence-electron chi connectivity index (χ3n) is 7.59. The number of quaternary nitrogens is 1. The Morgan fingerprint density at radius 3 is 2.75 bits per heavy atom. The zero-order valence-electron chi connectivity index (χ0n) is 18.8. The van der Waals surface area contributed by atoms with Gasteiger partial charge in [0.2, 0.25) is 11.8 Å². The third-order valence-corrected chi connectivity index (χ3v) is 8.84. The molecular formula is C23H30ClN4O3S+. The highest BCUT2D eigenvalue weighted by molar-refractivity contribution is 7.19. The molecule has 2 aromatic rings. The quantitative estimate of drug-likeness (QED) is 0.449. The van der Waals surface area contributed by atoms with Crippen molar-refractivity contribution < 1.29 is 18.6 Å². The second-order valence-electron chi connectivity index (χ2n) is 9.82. The van der Waals surface area contributed by atoms with E-state index in [1.807, 2.05) is 18.2 Å². The lowest BCUT2D eigenvalue weighted by molar-refractivity contribution is -0.888. The number of nitrogens with zero attached hydrogens (tertiary/aromatic N) is 4. The lowest BCUT2D eigenvalue weighted by Gasteiger charge is -2.30. The van der Waals surface area contributed by atoms with Crippen LogP contribution in [0.15, 0.2) is 22.7 Å². The topological polar surface area (TPSA) is 66.7 Å². The first-order valence-electron chi connectivity index (χ1n) is 11.5. The van der Waals surface area contributed by atoms with Crippen LogP contribution in [0.4, 0.5) is 0 Å². The molecule has 0 spiro atoms. The minimum atomic E-state index is -0.369. The Bertz CT molecular complexity index is 1030. The lowest BCUT2D eigenvalue weighted by Crippen LogP contribution is -2.43. The number of aromatic nitrogens is 1. The predicted molar refractivity (Wildman–Crippen MR) is 123 cm³/mol. The molecular weight excluding hydrogens is 448 g/mol. The zero-order valence-corrected chi connectivity index (χ0v) is 20.4. The summed E-state index contributed by atoms with van der Waals surface area (Å²) in [4.78, 5) is 31.7. The molecule has 0 unspecified atom stereocenters. The number of imide groups is 1. The first-order chi connectivity index (χ1) is 15.3.